The predicted molar refractivity (Wildman–Crippen MR) is 64.6 cm³/mol. The minimum absolute atomic E-state index is 0.114. The van der Waals surface area contributed by atoms with Crippen LogP contribution in [0.1, 0.15) is 19.3 Å². The largest absolute Gasteiger partial charge is 0.290 e. The molecule has 0 saturated carbocycles. The van der Waals surface area contributed by atoms with Gasteiger partial charge in [-0.15, -0.1) is 19.7 Å². The van der Waals surface area contributed by atoms with Crippen LogP contribution < -0.4 is 0 Å². The molecule has 0 atom stereocenters. The number of rotatable bonds is 6. The molecule has 0 aromatic carbocycles. The molecule has 1 rings (SSSR count). The molecule has 0 aromatic rings. The molecular formula is C14H16O. The Balaban J connectivity index is 3.04. The van der Waals surface area contributed by atoms with E-state index in [1.807, 2.05) is 12.2 Å². The molecule has 0 amide bonds. The topological polar surface area (TPSA) is 17.1 Å². The summed E-state index contributed by atoms with van der Waals surface area (Å²) in [5.74, 6) is 0.114. The zero-order valence-corrected chi connectivity index (χ0v) is 8.96. The molecule has 0 saturated heterocycles. The Bertz CT molecular complexity index is 367. The predicted octanol–water partition coefficient (Wildman–Crippen LogP) is 3.52. The van der Waals surface area contributed by atoms with E-state index in [0.29, 0.717) is 6.42 Å². The summed E-state index contributed by atoms with van der Waals surface area (Å²) in [4.78, 5) is 11.7. The van der Waals surface area contributed by atoms with Crippen molar-refractivity contribution in [1.82, 2.24) is 0 Å². The highest BCUT2D eigenvalue weighted by atomic mass is 16.1. The van der Waals surface area contributed by atoms with Crippen molar-refractivity contribution in [2.45, 2.75) is 19.3 Å². The summed E-state index contributed by atoms with van der Waals surface area (Å²) < 4.78 is 0. The average molecular weight is 200 g/mol. The monoisotopic (exact) mass is 200 g/mol. The lowest BCUT2D eigenvalue weighted by molar-refractivity contribution is -0.111. The molecule has 1 nitrogen and oxygen atoms in total. The number of ketones is 1. The van der Waals surface area contributed by atoms with Crippen molar-refractivity contribution in [3.8, 4) is 0 Å². The maximum absolute atomic E-state index is 11.7. The van der Waals surface area contributed by atoms with Crippen molar-refractivity contribution in [3.05, 3.63) is 60.8 Å². The first-order chi connectivity index (χ1) is 7.24. The number of hydrogen-bond acceptors (Lipinski definition) is 1. The molecule has 0 heterocycles. The molecule has 0 aliphatic heterocycles. The van der Waals surface area contributed by atoms with Gasteiger partial charge in [0, 0.05) is 5.57 Å². The van der Waals surface area contributed by atoms with Crippen LogP contribution >= 0.6 is 0 Å². The van der Waals surface area contributed by atoms with Crippen LogP contribution in [0.5, 0.6) is 0 Å². The van der Waals surface area contributed by atoms with Gasteiger partial charge >= 0.3 is 0 Å². The van der Waals surface area contributed by atoms with Gasteiger partial charge in [-0.2, -0.15) is 0 Å². The molecule has 78 valence electrons. The van der Waals surface area contributed by atoms with Crippen molar-refractivity contribution >= 4 is 5.78 Å². The molecule has 0 aromatic heterocycles. The lowest BCUT2D eigenvalue weighted by Gasteiger charge is -2.05. The minimum atomic E-state index is 0.114. The first kappa shape index (κ1) is 11.4. The third kappa shape index (κ3) is 2.44. The molecule has 0 bridgehead atoms. The number of hydrogen-bond donors (Lipinski definition) is 0. The van der Waals surface area contributed by atoms with Gasteiger partial charge in [0.1, 0.15) is 0 Å². The molecule has 1 aliphatic carbocycles. The molecule has 0 radical (unpaired) electrons. The lowest BCUT2D eigenvalue weighted by Crippen LogP contribution is -1.95. The van der Waals surface area contributed by atoms with Crippen LogP contribution in [0.3, 0.4) is 0 Å². The van der Waals surface area contributed by atoms with Crippen molar-refractivity contribution in [2.75, 3.05) is 0 Å². The Labute approximate surface area is 91.2 Å². The van der Waals surface area contributed by atoms with Gasteiger partial charge < -0.3 is 0 Å². The Morgan fingerprint density at radius 3 is 2.00 bits per heavy atom. The molecular weight excluding hydrogens is 184 g/mol. The molecule has 1 aliphatic rings. The zero-order chi connectivity index (χ0) is 11.3. The molecule has 0 unspecified atom stereocenters. The highest BCUT2D eigenvalue weighted by Gasteiger charge is 2.21. The van der Waals surface area contributed by atoms with Gasteiger partial charge in [0.05, 0.1) is 0 Å². The maximum Gasteiger partial charge on any atom is 0.182 e. The summed E-state index contributed by atoms with van der Waals surface area (Å²) >= 11 is 0. The van der Waals surface area contributed by atoms with E-state index in [0.717, 1.165) is 29.6 Å². The fourth-order valence-electron chi connectivity index (χ4n) is 1.78. The van der Waals surface area contributed by atoms with Gasteiger partial charge in [-0.1, -0.05) is 18.2 Å². The highest BCUT2D eigenvalue weighted by Crippen LogP contribution is 2.31. The van der Waals surface area contributed by atoms with Crippen LogP contribution in [0.2, 0.25) is 0 Å². The molecule has 0 fully saturated rings. The summed E-state index contributed by atoms with van der Waals surface area (Å²) in [6, 6.07) is 0. The summed E-state index contributed by atoms with van der Waals surface area (Å²) in [6.45, 7) is 11.1. The SMILES string of the molecule is C=CCC1=CC(=O)C(CC=C)=C1CC=C. The van der Waals surface area contributed by atoms with Crippen LogP contribution in [0.25, 0.3) is 0 Å². The van der Waals surface area contributed by atoms with Gasteiger partial charge in [0.2, 0.25) is 0 Å². The Hall–Kier alpha value is -1.63. The first-order valence-electron chi connectivity index (χ1n) is 5.04. The number of carbonyl (C=O) groups is 1. The van der Waals surface area contributed by atoms with E-state index in [9.17, 15) is 4.79 Å². The summed E-state index contributed by atoms with van der Waals surface area (Å²) in [5, 5.41) is 0. The second kappa shape index (κ2) is 5.30. The average Bonchev–Trinajstić information content (AvgIpc) is 2.48. The van der Waals surface area contributed by atoms with Crippen molar-refractivity contribution in [2.24, 2.45) is 0 Å². The van der Waals surface area contributed by atoms with E-state index in [4.69, 9.17) is 0 Å². The van der Waals surface area contributed by atoms with Crippen LogP contribution in [-0.2, 0) is 4.79 Å². The van der Waals surface area contributed by atoms with E-state index < -0.39 is 0 Å². The Morgan fingerprint density at radius 1 is 0.933 bits per heavy atom. The van der Waals surface area contributed by atoms with E-state index in [-0.39, 0.29) is 5.78 Å². The Morgan fingerprint density at radius 2 is 1.47 bits per heavy atom. The van der Waals surface area contributed by atoms with Crippen molar-refractivity contribution in [1.29, 1.82) is 0 Å². The van der Waals surface area contributed by atoms with E-state index in [2.05, 4.69) is 19.7 Å². The molecule has 1 heteroatoms. The fraction of sp³-hybridized carbons (Fsp3) is 0.214. The third-order valence-corrected chi connectivity index (χ3v) is 2.42. The van der Waals surface area contributed by atoms with Gasteiger partial charge in [-0.05, 0) is 36.5 Å². The standard InChI is InChI=1S/C14H16O/c1-4-7-11-10-14(15)13(9-6-3)12(11)8-5-2/h4-6,10H,1-3,7-9H2. The maximum atomic E-state index is 11.7. The van der Waals surface area contributed by atoms with Crippen LogP contribution in [0.15, 0.2) is 60.8 Å². The van der Waals surface area contributed by atoms with E-state index >= 15 is 0 Å². The van der Waals surface area contributed by atoms with Crippen molar-refractivity contribution < 1.29 is 4.79 Å². The molecule has 0 N–H and O–H groups in total. The Kier molecular flexibility index (Phi) is 4.04. The smallest absolute Gasteiger partial charge is 0.182 e. The molecule has 15 heavy (non-hydrogen) atoms. The van der Waals surface area contributed by atoms with Gasteiger partial charge in [0.25, 0.3) is 0 Å². The number of allylic oxidation sites excluding steroid dienone is 7. The normalized spacial score (nSPS) is 15.2. The van der Waals surface area contributed by atoms with Gasteiger partial charge in [0.15, 0.2) is 5.78 Å². The third-order valence-electron chi connectivity index (χ3n) is 2.42. The van der Waals surface area contributed by atoms with Crippen LogP contribution in [0.4, 0.5) is 0 Å². The van der Waals surface area contributed by atoms with Crippen LogP contribution in [-0.4, -0.2) is 5.78 Å². The fourth-order valence-corrected chi connectivity index (χ4v) is 1.78. The minimum Gasteiger partial charge on any atom is -0.290 e. The van der Waals surface area contributed by atoms with Gasteiger partial charge in [-0.25, -0.2) is 0 Å². The van der Waals surface area contributed by atoms with E-state index in [1.165, 1.54) is 0 Å². The lowest BCUT2D eigenvalue weighted by atomic mass is 9.98. The second-order valence-electron chi connectivity index (χ2n) is 3.47. The quantitative estimate of drug-likeness (QED) is 0.599. The summed E-state index contributed by atoms with van der Waals surface area (Å²) in [7, 11) is 0. The number of carbonyl (C=O) groups excluding carboxylic acids is 1. The first-order valence-corrected chi connectivity index (χ1v) is 5.04. The van der Waals surface area contributed by atoms with Crippen LogP contribution in [0, 0.1) is 0 Å². The summed E-state index contributed by atoms with van der Waals surface area (Å²) in [5.41, 5.74) is 3.04. The zero-order valence-electron chi connectivity index (χ0n) is 8.96. The highest BCUT2D eigenvalue weighted by molar-refractivity contribution is 6.09. The van der Waals surface area contributed by atoms with E-state index in [1.54, 1.807) is 12.2 Å². The molecule has 0 spiro atoms. The second-order valence-corrected chi connectivity index (χ2v) is 3.47. The van der Waals surface area contributed by atoms with Crippen molar-refractivity contribution in [3.63, 3.8) is 0 Å². The summed E-state index contributed by atoms with van der Waals surface area (Å²) in [6.07, 6.45) is 9.25. The van der Waals surface area contributed by atoms with Gasteiger partial charge in [-0.3, -0.25) is 4.79 Å².